The van der Waals surface area contributed by atoms with Gasteiger partial charge in [-0.05, 0) is 76.8 Å². The summed E-state index contributed by atoms with van der Waals surface area (Å²) in [6.45, 7) is 1.36. The van der Waals surface area contributed by atoms with Gasteiger partial charge in [0.05, 0.1) is 16.5 Å². The highest BCUT2D eigenvalue weighted by Crippen LogP contribution is 2.39. The molecule has 0 spiro atoms. The first-order valence-corrected chi connectivity index (χ1v) is 13.1. The molecule has 0 aliphatic carbocycles. The fourth-order valence-corrected chi connectivity index (χ4v) is 5.50. The Bertz CT molecular complexity index is 1180. The number of halogens is 2. The maximum atomic E-state index is 12.9. The van der Waals surface area contributed by atoms with Crippen LogP contribution in [0.5, 0.6) is 11.5 Å². The number of carbonyl (C=O) groups excluding carboxylic acids is 3. The smallest absolute Gasteiger partial charge is 0.294 e. The molecule has 2 aliphatic heterocycles. The molecule has 3 amide bonds. The van der Waals surface area contributed by atoms with E-state index in [0.717, 1.165) is 41.5 Å². The number of thioether (sulfide) groups is 1. The minimum atomic E-state index is -0.473. The number of likely N-dealkylation sites (tertiary alicyclic amines) is 1. The molecule has 2 aromatic carbocycles. The molecule has 0 atom stereocenters. The molecule has 2 heterocycles. The lowest BCUT2D eigenvalue weighted by molar-refractivity contribution is -0.136. The van der Waals surface area contributed by atoms with Crippen molar-refractivity contribution in [2.24, 2.45) is 0 Å². The van der Waals surface area contributed by atoms with Crippen LogP contribution in [0.3, 0.4) is 0 Å². The zero-order valence-electron chi connectivity index (χ0n) is 19.1. The van der Waals surface area contributed by atoms with E-state index in [1.54, 1.807) is 29.2 Å². The zero-order chi connectivity index (χ0) is 24.9. The first-order chi connectivity index (χ1) is 16.9. The van der Waals surface area contributed by atoms with Gasteiger partial charge in [-0.15, -0.1) is 0 Å². The molecule has 0 aromatic heterocycles. The lowest BCUT2D eigenvalue weighted by atomic mass is 10.1. The van der Waals surface area contributed by atoms with Crippen LogP contribution in [0.2, 0.25) is 5.02 Å². The van der Waals surface area contributed by atoms with Crippen LogP contribution in [-0.2, 0) is 16.2 Å². The van der Waals surface area contributed by atoms with E-state index in [9.17, 15) is 14.4 Å². The summed E-state index contributed by atoms with van der Waals surface area (Å²) in [6, 6.07) is 10.9. The van der Waals surface area contributed by atoms with Crippen LogP contribution in [0.25, 0.3) is 6.08 Å². The Morgan fingerprint density at radius 1 is 1.17 bits per heavy atom. The third-order valence-electron chi connectivity index (χ3n) is 5.76. The molecular weight excluding hydrogens is 556 g/mol. The molecule has 184 valence electrons. The molecule has 35 heavy (non-hydrogen) atoms. The molecule has 0 N–H and O–H groups in total. The van der Waals surface area contributed by atoms with Crippen molar-refractivity contribution in [3.8, 4) is 11.5 Å². The number of methoxy groups -OCH3 is 1. The number of hydrogen-bond acceptors (Lipinski definition) is 6. The quantitative estimate of drug-likeness (QED) is 0.390. The van der Waals surface area contributed by atoms with E-state index in [1.165, 1.54) is 7.11 Å². The number of rotatable bonds is 7. The predicted octanol–water partition coefficient (Wildman–Crippen LogP) is 5.74. The van der Waals surface area contributed by atoms with E-state index in [2.05, 4.69) is 15.9 Å². The Hall–Kier alpha value is -2.49. The number of ether oxygens (including phenoxy) is 2. The van der Waals surface area contributed by atoms with E-state index in [1.807, 2.05) is 18.2 Å². The lowest BCUT2D eigenvalue weighted by Crippen LogP contribution is -2.44. The molecule has 0 bridgehead atoms. The number of imide groups is 1. The van der Waals surface area contributed by atoms with Crippen LogP contribution in [0, 0.1) is 0 Å². The third kappa shape index (κ3) is 6.02. The molecule has 0 radical (unpaired) electrons. The Labute approximate surface area is 221 Å². The zero-order valence-corrected chi connectivity index (χ0v) is 22.2. The SMILES string of the molecule is COc1cc(/C=C2\SC(=O)N(CC(=O)N3CCCCC3)C2=O)cc(Br)c1OCc1ccccc1Cl. The largest absolute Gasteiger partial charge is 0.493 e. The third-order valence-corrected chi connectivity index (χ3v) is 7.62. The van der Waals surface area contributed by atoms with Crippen molar-refractivity contribution in [3.63, 3.8) is 0 Å². The van der Waals surface area contributed by atoms with E-state index in [0.29, 0.717) is 39.6 Å². The molecule has 4 rings (SSSR count). The Morgan fingerprint density at radius 2 is 1.91 bits per heavy atom. The number of piperidine rings is 1. The van der Waals surface area contributed by atoms with Crippen LogP contribution in [0.15, 0.2) is 45.8 Å². The molecule has 2 saturated heterocycles. The summed E-state index contributed by atoms with van der Waals surface area (Å²) in [7, 11) is 1.52. The van der Waals surface area contributed by atoms with E-state index >= 15 is 0 Å². The Kier molecular flexibility index (Phi) is 8.41. The van der Waals surface area contributed by atoms with Crippen LogP contribution in [-0.4, -0.2) is 53.6 Å². The summed E-state index contributed by atoms with van der Waals surface area (Å²) in [5.41, 5.74) is 1.48. The monoisotopic (exact) mass is 578 g/mol. The Morgan fingerprint density at radius 3 is 2.63 bits per heavy atom. The van der Waals surface area contributed by atoms with Gasteiger partial charge in [0, 0.05) is 23.7 Å². The summed E-state index contributed by atoms with van der Waals surface area (Å²) in [6.07, 6.45) is 4.60. The van der Waals surface area contributed by atoms with E-state index in [4.69, 9.17) is 21.1 Å². The van der Waals surface area contributed by atoms with Crippen LogP contribution in [0.4, 0.5) is 4.79 Å². The number of benzene rings is 2. The average Bonchev–Trinajstić information content (AvgIpc) is 3.11. The molecular formula is C25H24BrClN2O5S. The molecule has 2 aromatic rings. The predicted molar refractivity (Wildman–Crippen MR) is 140 cm³/mol. The van der Waals surface area contributed by atoms with Gasteiger partial charge in [0.2, 0.25) is 5.91 Å². The minimum Gasteiger partial charge on any atom is -0.493 e. The summed E-state index contributed by atoms with van der Waals surface area (Å²) in [5, 5.41) is 0.158. The fourth-order valence-electron chi connectivity index (χ4n) is 3.89. The topological polar surface area (TPSA) is 76.2 Å². The normalized spacial score (nSPS) is 17.3. The maximum absolute atomic E-state index is 12.9. The fraction of sp³-hybridized carbons (Fsp3) is 0.320. The average molecular weight is 580 g/mol. The second-order valence-electron chi connectivity index (χ2n) is 8.12. The molecule has 2 aliphatic rings. The molecule has 10 heteroatoms. The summed E-state index contributed by atoms with van der Waals surface area (Å²) < 4.78 is 12.1. The van der Waals surface area contributed by atoms with Gasteiger partial charge in [0.1, 0.15) is 13.2 Å². The van der Waals surface area contributed by atoms with Crippen molar-refractivity contribution in [2.45, 2.75) is 25.9 Å². The molecule has 2 fully saturated rings. The van der Waals surface area contributed by atoms with Crippen molar-refractivity contribution in [1.82, 2.24) is 9.80 Å². The van der Waals surface area contributed by atoms with Gasteiger partial charge in [-0.3, -0.25) is 19.3 Å². The van der Waals surface area contributed by atoms with Gasteiger partial charge in [-0.25, -0.2) is 0 Å². The first kappa shape index (κ1) is 25.6. The number of nitrogens with zero attached hydrogens (tertiary/aromatic N) is 2. The second-order valence-corrected chi connectivity index (χ2v) is 10.4. The van der Waals surface area contributed by atoms with E-state index in [-0.39, 0.29) is 24.0 Å². The van der Waals surface area contributed by atoms with Gasteiger partial charge < -0.3 is 14.4 Å². The van der Waals surface area contributed by atoms with Crippen molar-refractivity contribution < 1.29 is 23.9 Å². The van der Waals surface area contributed by atoms with Crippen molar-refractivity contribution in [1.29, 1.82) is 0 Å². The highest BCUT2D eigenvalue weighted by Gasteiger charge is 2.37. The van der Waals surface area contributed by atoms with Crippen LogP contribution >= 0.6 is 39.3 Å². The summed E-state index contributed by atoms with van der Waals surface area (Å²) in [4.78, 5) is 40.9. The molecule has 0 unspecified atom stereocenters. The summed E-state index contributed by atoms with van der Waals surface area (Å²) >= 11 is 10.5. The highest BCUT2D eigenvalue weighted by molar-refractivity contribution is 9.10. The molecule has 7 nitrogen and oxygen atoms in total. The van der Waals surface area contributed by atoms with Crippen molar-refractivity contribution in [3.05, 3.63) is 61.9 Å². The first-order valence-electron chi connectivity index (χ1n) is 11.1. The van der Waals surface area contributed by atoms with Gasteiger partial charge in [-0.1, -0.05) is 29.8 Å². The number of amides is 3. The second kappa shape index (κ2) is 11.5. The van der Waals surface area contributed by atoms with Crippen molar-refractivity contribution >= 4 is 62.4 Å². The van der Waals surface area contributed by atoms with Gasteiger partial charge in [-0.2, -0.15) is 0 Å². The number of hydrogen-bond donors (Lipinski definition) is 0. The van der Waals surface area contributed by atoms with Crippen LogP contribution < -0.4 is 9.47 Å². The highest BCUT2D eigenvalue weighted by atomic mass is 79.9. The van der Waals surface area contributed by atoms with E-state index < -0.39 is 11.1 Å². The van der Waals surface area contributed by atoms with Crippen molar-refractivity contribution in [2.75, 3.05) is 26.7 Å². The van der Waals surface area contributed by atoms with Gasteiger partial charge >= 0.3 is 0 Å². The van der Waals surface area contributed by atoms with Gasteiger partial charge in [0.25, 0.3) is 11.1 Å². The van der Waals surface area contributed by atoms with Gasteiger partial charge in [0.15, 0.2) is 11.5 Å². The maximum Gasteiger partial charge on any atom is 0.294 e. The lowest BCUT2D eigenvalue weighted by Gasteiger charge is -2.27. The Balaban J connectivity index is 1.49. The molecule has 0 saturated carbocycles. The van der Waals surface area contributed by atoms with Crippen LogP contribution in [0.1, 0.15) is 30.4 Å². The summed E-state index contributed by atoms with van der Waals surface area (Å²) in [5.74, 6) is 0.277. The standard InChI is InChI=1S/C25H24BrClN2O5S/c1-33-20-12-16(11-18(26)23(20)34-15-17-7-3-4-8-19(17)27)13-21-24(31)29(25(32)35-21)14-22(30)28-9-5-2-6-10-28/h3-4,7-8,11-13H,2,5-6,9-10,14-15H2,1H3/b21-13-. The number of carbonyl (C=O) groups is 3. The minimum absolute atomic E-state index is 0.197.